The molecule has 0 aromatic heterocycles. The first-order valence-corrected chi connectivity index (χ1v) is 14.5. The fourth-order valence-corrected chi connectivity index (χ4v) is 3.69. The van der Waals surface area contributed by atoms with Crippen molar-refractivity contribution in [2.24, 2.45) is 0 Å². The van der Waals surface area contributed by atoms with Crippen molar-refractivity contribution in [1.29, 1.82) is 0 Å². The molecule has 0 radical (unpaired) electrons. The molecule has 2 N–H and O–H groups in total. The number of amides is 2. The van der Waals surface area contributed by atoms with Crippen LogP contribution >= 0.6 is 0 Å². The SMILES string of the molecule is COC(=O)[C@@H](NC(=O)c1ccc(C#Cc2ccc(OCCS(C)(=O)=O)cc2)cc1)C(C)(C)NC(=O)OC(C)(C)C. The lowest BCUT2D eigenvalue weighted by Gasteiger charge is -2.34. The van der Waals surface area contributed by atoms with E-state index in [1.807, 2.05) is 0 Å². The van der Waals surface area contributed by atoms with Gasteiger partial charge in [-0.2, -0.15) is 0 Å². The molecule has 2 aromatic carbocycles. The summed E-state index contributed by atoms with van der Waals surface area (Å²) in [6.07, 6.45) is 0.415. The Morgan fingerprint density at radius 2 is 1.43 bits per heavy atom. The number of carbonyl (C=O) groups is 3. The summed E-state index contributed by atoms with van der Waals surface area (Å²) in [6, 6.07) is 12.2. The van der Waals surface area contributed by atoms with E-state index in [1.165, 1.54) is 7.11 Å². The molecule has 40 heavy (non-hydrogen) atoms. The highest BCUT2D eigenvalue weighted by Gasteiger charge is 2.39. The van der Waals surface area contributed by atoms with E-state index in [9.17, 15) is 22.8 Å². The number of benzene rings is 2. The van der Waals surface area contributed by atoms with Crippen molar-refractivity contribution in [3.63, 3.8) is 0 Å². The molecule has 0 saturated heterocycles. The van der Waals surface area contributed by atoms with Crippen LogP contribution in [0.4, 0.5) is 4.79 Å². The zero-order valence-electron chi connectivity index (χ0n) is 23.8. The summed E-state index contributed by atoms with van der Waals surface area (Å²) in [4.78, 5) is 37.7. The van der Waals surface area contributed by atoms with Gasteiger partial charge in [-0.15, -0.1) is 0 Å². The Labute approximate surface area is 235 Å². The van der Waals surface area contributed by atoms with E-state index in [2.05, 4.69) is 22.5 Å². The molecule has 0 heterocycles. The number of esters is 1. The Kier molecular flexibility index (Phi) is 10.7. The summed E-state index contributed by atoms with van der Waals surface area (Å²) >= 11 is 0. The second-order valence-corrected chi connectivity index (χ2v) is 12.9. The second kappa shape index (κ2) is 13.3. The van der Waals surface area contributed by atoms with Crippen LogP contribution in [0.2, 0.25) is 0 Å². The summed E-state index contributed by atoms with van der Waals surface area (Å²) in [6.45, 7) is 8.36. The van der Waals surface area contributed by atoms with Gasteiger partial charge in [-0.3, -0.25) is 4.79 Å². The monoisotopic (exact) mass is 572 g/mol. The summed E-state index contributed by atoms with van der Waals surface area (Å²) in [5.74, 6) is 5.22. The average Bonchev–Trinajstić information content (AvgIpc) is 2.84. The third kappa shape index (κ3) is 11.0. The van der Waals surface area contributed by atoms with Crippen LogP contribution in [0, 0.1) is 11.8 Å². The van der Waals surface area contributed by atoms with Crippen molar-refractivity contribution < 1.29 is 37.0 Å². The van der Waals surface area contributed by atoms with E-state index in [-0.39, 0.29) is 17.9 Å². The van der Waals surface area contributed by atoms with Crippen LogP contribution in [-0.4, -0.2) is 69.3 Å². The molecule has 2 rings (SSSR count). The molecule has 0 aliphatic rings. The number of sulfone groups is 1. The van der Waals surface area contributed by atoms with E-state index in [0.717, 1.165) is 11.8 Å². The van der Waals surface area contributed by atoms with Gasteiger partial charge in [0.2, 0.25) is 0 Å². The molecule has 0 spiro atoms. The number of carbonyl (C=O) groups excluding carboxylic acids is 3. The predicted octanol–water partition coefficient (Wildman–Crippen LogP) is 3.08. The largest absolute Gasteiger partial charge is 0.493 e. The highest BCUT2D eigenvalue weighted by atomic mass is 32.2. The Hall–Kier alpha value is -4.04. The second-order valence-electron chi connectivity index (χ2n) is 10.6. The first-order valence-electron chi connectivity index (χ1n) is 12.4. The van der Waals surface area contributed by atoms with Gasteiger partial charge in [0.05, 0.1) is 18.4 Å². The van der Waals surface area contributed by atoms with E-state index in [0.29, 0.717) is 11.3 Å². The van der Waals surface area contributed by atoms with Crippen LogP contribution in [0.1, 0.15) is 56.1 Å². The van der Waals surface area contributed by atoms with Crippen LogP contribution in [0.3, 0.4) is 0 Å². The smallest absolute Gasteiger partial charge is 0.408 e. The minimum atomic E-state index is -3.09. The van der Waals surface area contributed by atoms with Gasteiger partial charge in [0.1, 0.15) is 24.0 Å². The molecular weight excluding hydrogens is 536 g/mol. The predicted molar refractivity (Wildman–Crippen MR) is 151 cm³/mol. The van der Waals surface area contributed by atoms with Crippen LogP contribution in [0.15, 0.2) is 48.5 Å². The number of rotatable bonds is 9. The zero-order valence-corrected chi connectivity index (χ0v) is 24.6. The lowest BCUT2D eigenvalue weighted by molar-refractivity contribution is -0.144. The summed E-state index contributed by atoms with van der Waals surface area (Å²) in [5.41, 5.74) is -0.318. The fraction of sp³-hybridized carbons (Fsp3) is 0.414. The molecule has 0 saturated carbocycles. The van der Waals surface area contributed by atoms with E-state index in [1.54, 1.807) is 83.1 Å². The molecule has 2 aromatic rings. The number of ether oxygens (including phenoxy) is 3. The Bertz CT molecular complexity index is 1360. The number of methoxy groups -OCH3 is 1. The van der Waals surface area contributed by atoms with Crippen molar-refractivity contribution in [2.75, 3.05) is 25.7 Å². The molecule has 11 heteroatoms. The lowest BCUT2D eigenvalue weighted by atomic mass is 9.94. The first-order chi connectivity index (χ1) is 18.5. The molecule has 216 valence electrons. The van der Waals surface area contributed by atoms with Gasteiger partial charge in [0.15, 0.2) is 9.84 Å². The zero-order chi connectivity index (χ0) is 30.1. The van der Waals surface area contributed by atoms with Gasteiger partial charge in [-0.1, -0.05) is 11.8 Å². The van der Waals surface area contributed by atoms with Crippen LogP contribution < -0.4 is 15.4 Å². The highest BCUT2D eigenvalue weighted by Crippen LogP contribution is 2.16. The van der Waals surface area contributed by atoms with Crippen LogP contribution in [-0.2, 0) is 24.1 Å². The minimum Gasteiger partial charge on any atom is -0.493 e. The van der Waals surface area contributed by atoms with Crippen LogP contribution in [0.5, 0.6) is 5.75 Å². The third-order valence-electron chi connectivity index (χ3n) is 5.33. The van der Waals surface area contributed by atoms with Gasteiger partial charge in [-0.25, -0.2) is 18.0 Å². The van der Waals surface area contributed by atoms with Crippen molar-refractivity contribution >= 4 is 27.8 Å². The maximum absolute atomic E-state index is 12.9. The molecular formula is C29H36N2O8S. The van der Waals surface area contributed by atoms with Gasteiger partial charge >= 0.3 is 12.1 Å². The number of nitrogens with one attached hydrogen (secondary N) is 2. The van der Waals surface area contributed by atoms with Gasteiger partial charge in [-0.05, 0) is 83.1 Å². The van der Waals surface area contributed by atoms with Crippen molar-refractivity contribution in [1.82, 2.24) is 10.6 Å². The maximum atomic E-state index is 12.9. The van der Waals surface area contributed by atoms with E-state index >= 15 is 0 Å². The maximum Gasteiger partial charge on any atom is 0.408 e. The Balaban J connectivity index is 2.06. The Morgan fingerprint density at radius 1 is 0.900 bits per heavy atom. The molecule has 2 amide bonds. The standard InChI is InChI=1S/C29H36N2O8S/c1-28(2,3)39-27(34)31-29(4,5)24(26(33)37-6)30-25(32)22-14-10-20(11-15-22)8-9-21-12-16-23(17-13-21)38-18-19-40(7,35)36/h10-17,24H,18-19H2,1-7H3,(H,30,32)(H,31,34)/t24-/m1/s1. The molecule has 1 atom stereocenters. The Morgan fingerprint density at radius 3 is 1.90 bits per heavy atom. The molecule has 0 unspecified atom stereocenters. The van der Waals surface area contributed by atoms with Gasteiger partial charge in [0, 0.05) is 22.9 Å². The molecule has 0 aliphatic carbocycles. The normalized spacial score (nSPS) is 12.3. The molecule has 0 aliphatic heterocycles. The minimum absolute atomic E-state index is 0.0628. The van der Waals surface area contributed by atoms with Gasteiger partial charge in [0.25, 0.3) is 5.91 Å². The molecule has 0 fully saturated rings. The first kappa shape index (κ1) is 32.2. The molecule has 0 bridgehead atoms. The molecule has 10 nitrogen and oxygen atoms in total. The van der Waals surface area contributed by atoms with E-state index in [4.69, 9.17) is 14.2 Å². The topological polar surface area (TPSA) is 137 Å². The summed E-state index contributed by atoms with van der Waals surface area (Å²) in [5, 5.41) is 5.25. The van der Waals surface area contributed by atoms with Gasteiger partial charge < -0.3 is 24.8 Å². The van der Waals surface area contributed by atoms with Crippen LogP contribution in [0.25, 0.3) is 0 Å². The van der Waals surface area contributed by atoms with Crippen molar-refractivity contribution in [2.45, 2.75) is 51.8 Å². The number of hydrogen-bond acceptors (Lipinski definition) is 8. The summed E-state index contributed by atoms with van der Waals surface area (Å²) < 4.78 is 37.9. The average molecular weight is 573 g/mol. The third-order valence-corrected chi connectivity index (χ3v) is 6.24. The summed E-state index contributed by atoms with van der Waals surface area (Å²) in [7, 11) is -1.90. The van der Waals surface area contributed by atoms with Crippen molar-refractivity contribution in [3.8, 4) is 17.6 Å². The fourth-order valence-electron chi connectivity index (χ4n) is 3.30. The van der Waals surface area contributed by atoms with E-state index < -0.39 is 45.0 Å². The lowest BCUT2D eigenvalue weighted by Crippen LogP contribution is -2.62. The number of hydrogen-bond donors (Lipinski definition) is 2. The van der Waals surface area contributed by atoms with Crippen molar-refractivity contribution in [3.05, 3.63) is 65.2 Å². The highest BCUT2D eigenvalue weighted by molar-refractivity contribution is 7.90. The number of alkyl carbamates (subject to hydrolysis) is 1. The quantitative estimate of drug-likeness (QED) is 0.346.